The van der Waals surface area contributed by atoms with Crippen LogP contribution in [0.3, 0.4) is 0 Å². The van der Waals surface area contributed by atoms with Gasteiger partial charge in [-0.25, -0.2) is 0 Å². The summed E-state index contributed by atoms with van der Waals surface area (Å²) in [6, 6.07) is 18.9. The smallest absolute Gasteiger partial charge is 0.0790 e. The van der Waals surface area contributed by atoms with Gasteiger partial charge in [-0.1, -0.05) is 48.0 Å². The number of anilines is 1. The van der Waals surface area contributed by atoms with Crippen molar-refractivity contribution in [2.75, 3.05) is 37.6 Å². The summed E-state index contributed by atoms with van der Waals surface area (Å²) in [5.41, 5.74) is 3.62. The standard InChI is InChI=1S/C22H30N2O.H3NO2S/c1-19-10-12-20(13-11-19)22(25)9-5-6-14-23-15-17-24(18-16-23)21-7-3-2-4-8-21;1-4(2)3/h2-4,7-8,10-13,22,25H,5-6,9,14-18H2,1H3;1H2,(H,2,3)/p-1. The molecule has 0 saturated carbocycles. The van der Waals surface area contributed by atoms with Gasteiger partial charge in [0.05, 0.1) is 6.10 Å². The minimum atomic E-state index is -2.36. The van der Waals surface area contributed by atoms with Crippen LogP contribution in [0.5, 0.6) is 0 Å². The van der Waals surface area contributed by atoms with Gasteiger partial charge < -0.3 is 14.6 Å². The second-order valence-corrected chi connectivity index (χ2v) is 7.87. The van der Waals surface area contributed by atoms with E-state index in [2.05, 4.69) is 64.3 Å². The molecule has 0 spiro atoms. The summed E-state index contributed by atoms with van der Waals surface area (Å²) in [5, 5.41) is 14.3. The normalized spacial score (nSPS) is 16.6. The molecule has 3 N–H and O–H groups in total. The van der Waals surface area contributed by atoms with Gasteiger partial charge in [0.1, 0.15) is 0 Å². The van der Waals surface area contributed by atoms with Crippen molar-refractivity contribution >= 4 is 17.0 Å². The molecule has 0 amide bonds. The molecule has 0 aromatic heterocycles. The number of unbranched alkanes of at least 4 members (excludes halogenated alkanes) is 1. The monoisotopic (exact) mass is 418 g/mol. The SMILES string of the molecule is Cc1ccc(C(O)CCCCN2CCN(c3ccccc3)CC2)cc1.NS(=O)[O-]. The zero-order chi connectivity index (χ0) is 21.1. The van der Waals surface area contributed by atoms with Crippen LogP contribution < -0.4 is 10.0 Å². The molecule has 0 aliphatic carbocycles. The Kier molecular flexibility index (Phi) is 10.3. The van der Waals surface area contributed by atoms with Crippen LogP contribution >= 0.6 is 0 Å². The molecule has 3 rings (SSSR count). The average Bonchev–Trinajstić information content (AvgIpc) is 2.72. The highest BCUT2D eigenvalue weighted by molar-refractivity contribution is 7.76. The Bertz CT molecular complexity index is 716. The summed E-state index contributed by atoms with van der Waals surface area (Å²) in [5.74, 6) is 0. The largest absolute Gasteiger partial charge is 0.760 e. The highest BCUT2D eigenvalue weighted by Gasteiger charge is 2.16. The van der Waals surface area contributed by atoms with Gasteiger partial charge in [0.2, 0.25) is 0 Å². The fraction of sp³-hybridized carbons (Fsp3) is 0.455. The van der Waals surface area contributed by atoms with Gasteiger partial charge in [0.15, 0.2) is 0 Å². The fourth-order valence-corrected chi connectivity index (χ4v) is 3.50. The van der Waals surface area contributed by atoms with Crippen molar-refractivity contribution < 1.29 is 13.9 Å². The van der Waals surface area contributed by atoms with E-state index in [9.17, 15) is 5.11 Å². The van der Waals surface area contributed by atoms with E-state index >= 15 is 0 Å². The van der Waals surface area contributed by atoms with Gasteiger partial charge in [-0.3, -0.25) is 14.2 Å². The van der Waals surface area contributed by atoms with Crippen LogP contribution in [0, 0.1) is 6.92 Å². The van der Waals surface area contributed by atoms with Crippen molar-refractivity contribution in [1.82, 2.24) is 4.90 Å². The molecule has 2 aromatic rings. The first-order valence-electron chi connectivity index (χ1n) is 10.1. The van der Waals surface area contributed by atoms with Gasteiger partial charge in [-0.05, 0) is 50.4 Å². The van der Waals surface area contributed by atoms with Crippen LogP contribution in [-0.4, -0.2) is 51.5 Å². The van der Waals surface area contributed by atoms with Crippen LogP contribution in [0.1, 0.15) is 36.5 Å². The van der Waals surface area contributed by atoms with Gasteiger partial charge >= 0.3 is 0 Å². The predicted octanol–water partition coefficient (Wildman–Crippen LogP) is 2.76. The van der Waals surface area contributed by atoms with Gasteiger partial charge in [-0.2, -0.15) is 0 Å². The Morgan fingerprint density at radius 1 is 1.03 bits per heavy atom. The summed E-state index contributed by atoms with van der Waals surface area (Å²) in [6.07, 6.45) is 2.77. The van der Waals surface area contributed by atoms with Crippen LogP contribution in [0.15, 0.2) is 54.6 Å². The first kappa shape index (κ1) is 23.5. The van der Waals surface area contributed by atoms with E-state index < -0.39 is 11.3 Å². The van der Waals surface area contributed by atoms with Gasteiger partial charge in [-0.15, -0.1) is 0 Å². The maximum atomic E-state index is 10.3. The molecule has 160 valence electrons. The van der Waals surface area contributed by atoms with Crippen molar-refractivity contribution in [2.24, 2.45) is 5.14 Å². The maximum absolute atomic E-state index is 10.3. The lowest BCUT2D eigenvalue weighted by Gasteiger charge is -2.36. The molecule has 1 fully saturated rings. The first-order chi connectivity index (χ1) is 14.0. The first-order valence-corrected chi connectivity index (χ1v) is 11.2. The minimum Gasteiger partial charge on any atom is -0.760 e. The third-order valence-corrected chi connectivity index (χ3v) is 5.16. The lowest BCUT2D eigenvalue weighted by Crippen LogP contribution is -2.46. The molecule has 2 atom stereocenters. The lowest BCUT2D eigenvalue weighted by atomic mass is 10.0. The van der Waals surface area contributed by atoms with E-state index in [1.807, 2.05) is 12.1 Å². The van der Waals surface area contributed by atoms with E-state index in [1.165, 1.54) is 11.3 Å². The lowest BCUT2D eigenvalue weighted by molar-refractivity contribution is 0.160. The number of nitrogens with two attached hydrogens (primary N) is 1. The van der Waals surface area contributed by atoms with Crippen LogP contribution in [0.2, 0.25) is 0 Å². The van der Waals surface area contributed by atoms with Gasteiger partial charge in [0, 0.05) is 43.1 Å². The van der Waals surface area contributed by atoms with E-state index in [1.54, 1.807) is 0 Å². The summed E-state index contributed by atoms with van der Waals surface area (Å²) in [4.78, 5) is 5.02. The van der Waals surface area contributed by atoms with E-state index in [-0.39, 0.29) is 6.10 Å². The van der Waals surface area contributed by atoms with Gasteiger partial charge in [0.25, 0.3) is 0 Å². The topological polar surface area (TPSA) is 92.9 Å². The predicted molar refractivity (Wildman–Crippen MR) is 118 cm³/mol. The Morgan fingerprint density at radius 2 is 1.62 bits per heavy atom. The number of rotatable bonds is 7. The number of hydrogen-bond donors (Lipinski definition) is 2. The number of benzene rings is 2. The second kappa shape index (κ2) is 12.7. The number of piperazine rings is 1. The third kappa shape index (κ3) is 9.06. The highest BCUT2D eigenvalue weighted by Crippen LogP contribution is 2.20. The molecular weight excluding hydrogens is 386 g/mol. The maximum Gasteiger partial charge on any atom is 0.0790 e. The van der Waals surface area contributed by atoms with Crippen LogP contribution in [0.4, 0.5) is 5.69 Å². The molecule has 6 nitrogen and oxygen atoms in total. The minimum absolute atomic E-state index is 0.324. The molecule has 0 bridgehead atoms. The quantitative estimate of drug-likeness (QED) is 0.533. The van der Waals surface area contributed by atoms with Crippen molar-refractivity contribution in [3.63, 3.8) is 0 Å². The van der Waals surface area contributed by atoms with Crippen molar-refractivity contribution in [3.8, 4) is 0 Å². The van der Waals surface area contributed by atoms with E-state index in [0.29, 0.717) is 0 Å². The zero-order valence-electron chi connectivity index (χ0n) is 17.1. The molecule has 2 unspecified atom stereocenters. The Labute approximate surface area is 176 Å². The molecule has 7 heteroatoms. The molecule has 1 heterocycles. The molecule has 1 aliphatic rings. The summed E-state index contributed by atoms with van der Waals surface area (Å²) >= 11 is -2.36. The van der Waals surface area contributed by atoms with Crippen LogP contribution in [-0.2, 0) is 11.3 Å². The number of hydrogen-bond acceptors (Lipinski definition) is 5. The summed E-state index contributed by atoms with van der Waals surface area (Å²) in [7, 11) is 0. The number of aryl methyl sites for hydroxylation is 1. The van der Waals surface area contributed by atoms with Crippen molar-refractivity contribution in [1.29, 1.82) is 0 Å². The van der Waals surface area contributed by atoms with E-state index in [0.717, 1.165) is 57.5 Å². The molecule has 1 saturated heterocycles. The van der Waals surface area contributed by atoms with E-state index in [4.69, 9.17) is 8.76 Å². The van der Waals surface area contributed by atoms with Crippen molar-refractivity contribution in [3.05, 3.63) is 65.7 Å². The Hall–Kier alpha value is -1.77. The zero-order valence-corrected chi connectivity index (χ0v) is 17.9. The second-order valence-electron chi connectivity index (χ2n) is 7.35. The molecule has 0 radical (unpaired) electrons. The summed E-state index contributed by atoms with van der Waals surface area (Å²) < 4.78 is 17.6. The molecular formula is C22H32N3O3S-. The average molecular weight is 419 g/mol. The Morgan fingerprint density at radius 3 is 2.21 bits per heavy atom. The van der Waals surface area contributed by atoms with Crippen LogP contribution in [0.25, 0.3) is 0 Å². The Balaban J connectivity index is 0.000000687. The highest BCUT2D eigenvalue weighted by atomic mass is 32.2. The number of para-hydroxylation sites is 1. The molecule has 2 aromatic carbocycles. The molecule has 29 heavy (non-hydrogen) atoms. The number of aliphatic hydroxyl groups is 1. The fourth-order valence-electron chi connectivity index (χ4n) is 3.50. The number of aliphatic hydroxyl groups excluding tert-OH is 1. The molecule has 1 aliphatic heterocycles. The van der Waals surface area contributed by atoms with Crippen molar-refractivity contribution in [2.45, 2.75) is 32.3 Å². The third-order valence-electron chi connectivity index (χ3n) is 5.16. The summed E-state index contributed by atoms with van der Waals surface area (Å²) in [6.45, 7) is 7.70. The number of nitrogens with zero attached hydrogens (tertiary/aromatic N) is 2.